The second-order valence-electron chi connectivity index (χ2n) is 4.55. The first-order chi connectivity index (χ1) is 10.2. The number of carbonyl (C=O) groups is 1. The molecule has 0 fully saturated rings. The van der Waals surface area contributed by atoms with Crippen LogP contribution in [0.5, 0.6) is 5.75 Å². The minimum Gasteiger partial charge on any atom is -0.495 e. The molecule has 0 bridgehead atoms. The van der Waals surface area contributed by atoms with Gasteiger partial charge in [0, 0.05) is 19.1 Å². The SMILES string of the molecule is COc1ccc(-[s+]2cc(C)nc2NC(C)=O)cc1S(N)(=O)=O. The molecule has 0 aliphatic rings. The summed E-state index contributed by atoms with van der Waals surface area (Å²) >= 11 is 0. The topological polar surface area (TPSA) is 111 Å². The van der Waals surface area contributed by atoms with E-state index in [4.69, 9.17) is 9.88 Å². The van der Waals surface area contributed by atoms with Gasteiger partial charge < -0.3 is 4.74 Å². The minimum atomic E-state index is -3.92. The van der Waals surface area contributed by atoms with Crippen molar-refractivity contribution in [3.05, 3.63) is 29.3 Å². The molecule has 0 saturated heterocycles. The second-order valence-corrected chi connectivity index (χ2v) is 7.85. The fourth-order valence-electron chi connectivity index (χ4n) is 1.89. The molecule has 1 heterocycles. The van der Waals surface area contributed by atoms with Crippen LogP contribution in [0.3, 0.4) is 0 Å². The Morgan fingerprint density at radius 3 is 2.64 bits per heavy atom. The number of rotatable bonds is 4. The summed E-state index contributed by atoms with van der Waals surface area (Å²) in [6, 6.07) is 4.71. The van der Waals surface area contributed by atoms with E-state index in [1.807, 2.05) is 5.38 Å². The number of amides is 1. The maximum atomic E-state index is 11.7. The smallest absolute Gasteiger partial charge is 0.352 e. The Labute approximate surface area is 131 Å². The molecule has 1 atom stereocenters. The molecule has 1 aromatic carbocycles. The molecule has 0 aliphatic carbocycles. The van der Waals surface area contributed by atoms with Crippen LogP contribution in [0.15, 0.2) is 28.5 Å². The van der Waals surface area contributed by atoms with E-state index in [1.165, 1.54) is 26.2 Å². The van der Waals surface area contributed by atoms with Gasteiger partial charge in [0.2, 0.25) is 15.9 Å². The maximum absolute atomic E-state index is 11.7. The zero-order valence-electron chi connectivity index (χ0n) is 12.3. The first kappa shape index (κ1) is 16.4. The van der Waals surface area contributed by atoms with Crippen molar-refractivity contribution in [1.29, 1.82) is 0 Å². The van der Waals surface area contributed by atoms with Gasteiger partial charge in [-0.1, -0.05) is 0 Å². The predicted molar refractivity (Wildman–Crippen MR) is 85.0 cm³/mol. The molecule has 3 N–H and O–H groups in total. The molecule has 22 heavy (non-hydrogen) atoms. The van der Waals surface area contributed by atoms with Crippen LogP contribution in [0.2, 0.25) is 0 Å². The predicted octanol–water partition coefficient (Wildman–Crippen LogP) is 1.74. The Bertz CT molecular complexity index is 828. The molecule has 118 valence electrons. The summed E-state index contributed by atoms with van der Waals surface area (Å²) in [4.78, 5) is 16.1. The molecule has 1 unspecified atom stereocenters. The van der Waals surface area contributed by atoms with Gasteiger partial charge in [-0.3, -0.25) is 10.1 Å². The van der Waals surface area contributed by atoms with Gasteiger partial charge in [0.15, 0.2) is 10.3 Å². The Hall–Kier alpha value is -1.97. The molecule has 7 nitrogen and oxygen atoms in total. The van der Waals surface area contributed by atoms with Gasteiger partial charge >= 0.3 is 5.13 Å². The molecule has 1 amide bonds. The van der Waals surface area contributed by atoms with Gasteiger partial charge in [0.25, 0.3) is 0 Å². The number of hydrogen-bond acceptors (Lipinski definition) is 5. The van der Waals surface area contributed by atoms with Crippen molar-refractivity contribution in [3.63, 3.8) is 0 Å². The van der Waals surface area contributed by atoms with Gasteiger partial charge in [-0.25, -0.2) is 13.6 Å². The number of primary sulfonamides is 1. The fourth-order valence-corrected chi connectivity index (χ4v) is 4.51. The molecule has 0 radical (unpaired) electrons. The van der Waals surface area contributed by atoms with Crippen molar-refractivity contribution in [2.24, 2.45) is 5.14 Å². The third-order valence-corrected chi connectivity index (χ3v) is 5.63. The number of thiazole rings is 1. The van der Waals surface area contributed by atoms with Crippen LogP contribution < -0.4 is 15.2 Å². The molecule has 0 aliphatic heterocycles. The van der Waals surface area contributed by atoms with Gasteiger partial charge in [-0.05, 0) is 13.0 Å². The highest BCUT2D eigenvalue weighted by atomic mass is 32.2. The third-order valence-electron chi connectivity index (χ3n) is 2.75. The molecule has 0 saturated carbocycles. The Balaban J connectivity index is 2.61. The number of benzene rings is 1. The summed E-state index contributed by atoms with van der Waals surface area (Å²) in [6.07, 6.45) is 0. The average Bonchev–Trinajstić information content (AvgIpc) is 2.77. The maximum Gasteiger partial charge on any atom is 0.352 e. The van der Waals surface area contributed by atoms with Crippen molar-refractivity contribution in [3.8, 4) is 10.6 Å². The quantitative estimate of drug-likeness (QED) is 0.822. The average molecular weight is 342 g/mol. The third kappa shape index (κ3) is 3.43. The Kier molecular flexibility index (Phi) is 4.50. The van der Waals surface area contributed by atoms with E-state index in [-0.39, 0.29) is 16.6 Å². The summed E-state index contributed by atoms with van der Waals surface area (Å²) in [6.45, 7) is 3.19. The van der Waals surface area contributed by atoms with Crippen LogP contribution in [0.25, 0.3) is 4.90 Å². The largest absolute Gasteiger partial charge is 0.495 e. The number of anilines is 1. The van der Waals surface area contributed by atoms with E-state index >= 15 is 0 Å². The number of aromatic nitrogens is 1. The number of methoxy groups -OCH3 is 1. The molecule has 2 rings (SSSR count). The van der Waals surface area contributed by atoms with E-state index in [9.17, 15) is 13.2 Å². The highest BCUT2D eigenvalue weighted by molar-refractivity contribution is 7.89. The molecule has 1 aromatic heterocycles. The van der Waals surface area contributed by atoms with E-state index in [0.29, 0.717) is 10.0 Å². The van der Waals surface area contributed by atoms with Gasteiger partial charge in [0.1, 0.15) is 10.6 Å². The number of nitrogens with one attached hydrogen (secondary N) is 1. The van der Waals surface area contributed by atoms with Gasteiger partial charge in [-0.2, -0.15) is 4.98 Å². The van der Waals surface area contributed by atoms with Crippen LogP contribution in [-0.2, 0) is 14.8 Å². The Morgan fingerprint density at radius 2 is 2.09 bits per heavy atom. The van der Waals surface area contributed by atoms with Crippen molar-refractivity contribution < 1.29 is 17.9 Å². The zero-order valence-corrected chi connectivity index (χ0v) is 13.9. The normalized spacial score (nSPS) is 12.1. The second kappa shape index (κ2) is 6.03. The zero-order chi connectivity index (χ0) is 16.5. The first-order valence-corrected chi connectivity index (χ1v) is 9.04. The number of nitrogens with two attached hydrogens (primary N) is 1. The van der Waals surface area contributed by atoms with Crippen LogP contribution in [0.1, 0.15) is 12.6 Å². The highest BCUT2D eigenvalue weighted by Crippen LogP contribution is 2.41. The van der Waals surface area contributed by atoms with Crippen molar-refractivity contribution >= 4 is 31.5 Å². The van der Waals surface area contributed by atoms with E-state index in [0.717, 1.165) is 5.69 Å². The Morgan fingerprint density at radius 1 is 1.41 bits per heavy atom. The monoisotopic (exact) mass is 342 g/mol. The van der Waals surface area contributed by atoms with Crippen LogP contribution in [0.4, 0.5) is 5.13 Å². The summed E-state index contributed by atoms with van der Waals surface area (Å²) in [5.41, 5.74) is 0.750. The lowest BCUT2D eigenvalue weighted by atomic mass is 10.3. The lowest BCUT2D eigenvalue weighted by molar-refractivity contribution is -0.114. The lowest BCUT2D eigenvalue weighted by Crippen LogP contribution is -2.13. The van der Waals surface area contributed by atoms with Gasteiger partial charge in [-0.15, -0.1) is 0 Å². The van der Waals surface area contributed by atoms with Gasteiger partial charge in [0.05, 0.1) is 23.3 Å². The van der Waals surface area contributed by atoms with E-state index in [1.54, 1.807) is 13.0 Å². The fraction of sp³-hybridized carbons (Fsp3) is 0.231. The number of carbonyl (C=O) groups excluding carboxylic acids is 1. The standard InChI is InChI=1S/C13H15N3O4S2/c1-8-7-21(13(15-8)16-9(2)17)10-4-5-11(20-3)12(6-10)22(14,18)19/h4-7H,1-3H3,(H2-,14,15,16,17,18,19)/p+1. The molecule has 9 heteroatoms. The molecular weight excluding hydrogens is 326 g/mol. The summed E-state index contributed by atoms with van der Waals surface area (Å²) in [7, 11) is -3.20. The molecular formula is C13H16N3O4S2+. The number of sulfonamides is 1. The van der Waals surface area contributed by atoms with Crippen LogP contribution in [0, 0.1) is 6.92 Å². The number of ether oxygens (including phenoxy) is 1. The molecule has 0 spiro atoms. The van der Waals surface area contributed by atoms with E-state index < -0.39 is 20.5 Å². The van der Waals surface area contributed by atoms with Crippen molar-refractivity contribution in [2.45, 2.75) is 18.7 Å². The lowest BCUT2D eigenvalue weighted by Gasteiger charge is -2.06. The molecule has 2 aromatic rings. The van der Waals surface area contributed by atoms with Crippen LogP contribution in [-0.4, -0.2) is 26.4 Å². The number of hydrogen-bond donors (Lipinski definition) is 2. The highest BCUT2D eigenvalue weighted by Gasteiger charge is 2.25. The van der Waals surface area contributed by atoms with Crippen molar-refractivity contribution in [2.75, 3.05) is 12.4 Å². The minimum absolute atomic E-state index is 0.0971. The number of aryl methyl sites for hydroxylation is 1. The number of nitrogens with zero attached hydrogens (tertiary/aromatic N) is 1. The van der Waals surface area contributed by atoms with Crippen LogP contribution >= 0.6 is 10.5 Å². The summed E-state index contributed by atoms with van der Waals surface area (Å²) in [5.74, 6) is -0.0627. The summed E-state index contributed by atoms with van der Waals surface area (Å²) < 4.78 is 28.4. The summed E-state index contributed by atoms with van der Waals surface area (Å²) in [5, 5.41) is 10.2. The first-order valence-electron chi connectivity index (χ1n) is 6.21. The van der Waals surface area contributed by atoms with E-state index in [2.05, 4.69) is 10.3 Å². The van der Waals surface area contributed by atoms with Crippen molar-refractivity contribution in [1.82, 2.24) is 4.98 Å².